The van der Waals surface area contributed by atoms with Crippen LogP contribution >= 0.6 is 11.8 Å². The number of hydrogen-bond acceptors (Lipinski definition) is 4. The van der Waals surface area contributed by atoms with Crippen molar-refractivity contribution in [3.63, 3.8) is 0 Å². The summed E-state index contributed by atoms with van der Waals surface area (Å²) >= 11 is 1.73. The molecule has 2 heterocycles. The summed E-state index contributed by atoms with van der Waals surface area (Å²) in [6, 6.07) is 7.78. The second-order valence-electron chi connectivity index (χ2n) is 4.08. The minimum Gasteiger partial charge on any atom is -0.497 e. The topological polar surface area (TPSA) is 47.3 Å². The Bertz CT molecular complexity index is 580. The third kappa shape index (κ3) is 1.79. The first kappa shape index (κ1) is 11.6. The molecule has 1 aliphatic heterocycles. The second kappa shape index (κ2) is 4.66. The maximum atomic E-state index is 9.56. The van der Waals surface area contributed by atoms with Crippen molar-refractivity contribution in [1.29, 1.82) is 0 Å². The molecule has 0 radical (unpaired) electrons. The van der Waals surface area contributed by atoms with Crippen LogP contribution in [0.25, 0.3) is 11.3 Å². The fourth-order valence-corrected chi connectivity index (χ4v) is 3.16. The Hall–Kier alpha value is -1.46. The van der Waals surface area contributed by atoms with E-state index >= 15 is 0 Å². The Morgan fingerprint density at radius 1 is 1.50 bits per heavy atom. The van der Waals surface area contributed by atoms with Gasteiger partial charge in [-0.15, -0.1) is 0 Å². The molecule has 0 saturated carbocycles. The predicted molar refractivity (Wildman–Crippen MR) is 70.9 cm³/mol. The lowest BCUT2D eigenvalue weighted by molar-refractivity contribution is 0.271. The number of aliphatic hydroxyl groups excluding tert-OH is 1. The van der Waals surface area contributed by atoms with E-state index in [-0.39, 0.29) is 6.61 Å². The third-order valence-corrected chi connectivity index (χ3v) is 4.03. The van der Waals surface area contributed by atoms with Gasteiger partial charge in [0, 0.05) is 17.9 Å². The summed E-state index contributed by atoms with van der Waals surface area (Å²) in [5, 5.41) is 10.6. The standard InChI is InChI=1S/C13H14N2O2S/c1-17-10-4-2-3-9(7-10)12-11(8-16)15-5-6-18-13(15)14-12/h2-4,7,16H,5-6,8H2,1H3. The number of hydrogen-bond donors (Lipinski definition) is 1. The van der Waals surface area contributed by atoms with Gasteiger partial charge in [-0.1, -0.05) is 23.9 Å². The van der Waals surface area contributed by atoms with E-state index in [4.69, 9.17) is 4.74 Å². The maximum Gasteiger partial charge on any atom is 0.168 e. The molecule has 1 N–H and O–H groups in total. The molecule has 2 aromatic rings. The number of methoxy groups -OCH3 is 1. The molecule has 3 rings (SSSR count). The third-order valence-electron chi connectivity index (χ3n) is 3.08. The van der Waals surface area contributed by atoms with Gasteiger partial charge in [-0.3, -0.25) is 0 Å². The number of benzene rings is 1. The highest BCUT2D eigenvalue weighted by Crippen LogP contribution is 2.34. The molecule has 5 heteroatoms. The summed E-state index contributed by atoms with van der Waals surface area (Å²) in [7, 11) is 1.65. The number of fused-ring (bicyclic) bond motifs is 1. The van der Waals surface area contributed by atoms with Crippen molar-refractivity contribution in [2.75, 3.05) is 12.9 Å². The van der Waals surface area contributed by atoms with Gasteiger partial charge in [-0.2, -0.15) is 0 Å². The minimum absolute atomic E-state index is 0.0140. The van der Waals surface area contributed by atoms with Crippen LogP contribution in [0.5, 0.6) is 5.75 Å². The van der Waals surface area contributed by atoms with Crippen molar-refractivity contribution in [3.05, 3.63) is 30.0 Å². The van der Waals surface area contributed by atoms with E-state index in [0.29, 0.717) is 0 Å². The molecule has 18 heavy (non-hydrogen) atoms. The lowest BCUT2D eigenvalue weighted by atomic mass is 10.1. The highest BCUT2D eigenvalue weighted by atomic mass is 32.2. The van der Waals surface area contributed by atoms with Crippen LogP contribution in [0.4, 0.5) is 0 Å². The van der Waals surface area contributed by atoms with Crippen LogP contribution in [-0.4, -0.2) is 27.5 Å². The van der Waals surface area contributed by atoms with Gasteiger partial charge < -0.3 is 14.4 Å². The number of nitrogens with zero attached hydrogens (tertiary/aromatic N) is 2. The van der Waals surface area contributed by atoms with Crippen molar-refractivity contribution in [3.8, 4) is 17.0 Å². The number of thioether (sulfide) groups is 1. The number of ether oxygens (including phenoxy) is 1. The Morgan fingerprint density at radius 2 is 2.39 bits per heavy atom. The number of rotatable bonds is 3. The van der Waals surface area contributed by atoms with E-state index in [1.165, 1.54) is 0 Å². The lowest BCUT2D eigenvalue weighted by Gasteiger charge is -2.06. The first-order valence-corrected chi connectivity index (χ1v) is 6.79. The van der Waals surface area contributed by atoms with E-state index in [0.717, 1.165) is 40.2 Å². The van der Waals surface area contributed by atoms with E-state index in [1.54, 1.807) is 18.9 Å². The van der Waals surface area contributed by atoms with Crippen LogP contribution in [0, 0.1) is 0 Å². The highest BCUT2D eigenvalue weighted by Gasteiger charge is 2.22. The molecule has 0 fully saturated rings. The van der Waals surface area contributed by atoms with Crippen LogP contribution in [-0.2, 0) is 13.2 Å². The second-order valence-corrected chi connectivity index (χ2v) is 5.14. The van der Waals surface area contributed by atoms with E-state index in [9.17, 15) is 5.11 Å². The molecule has 0 unspecified atom stereocenters. The first-order valence-electron chi connectivity index (χ1n) is 5.81. The molecular weight excluding hydrogens is 248 g/mol. The highest BCUT2D eigenvalue weighted by molar-refractivity contribution is 7.99. The van der Waals surface area contributed by atoms with Crippen LogP contribution in [0.3, 0.4) is 0 Å². The molecule has 0 saturated heterocycles. The SMILES string of the molecule is COc1cccc(-c2nc3n(c2CO)CCS3)c1. The summed E-state index contributed by atoms with van der Waals surface area (Å²) in [6.07, 6.45) is 0. The Morgan fingerprint density at radius 3 is 3.17 bits per heavy atom. The van der Waals surface area contributed by atoms with Gasteiger partial charge in [0.15, 0.2) is 5.16 Å². The monoisotopic (exact) mass is 262 g/mol. The van der Waals surface area contributed by atoms with Crippen LogP contribution in [0.15, 0.2) is 29.4 Å². The Labute approximate surface area is 110 Å². The zero-order valence-electron chi connectivity index (χ0n) is 10.1. The smallest absolute Gasteiger partial charge is 0.168 e. The summed E-state index contributed by atoms with van der Waals surface area (Å²) < 4.78 is 7.32. The van der Waals surface area contributed by atoms with Gasteiger partial charge in [0.1, 0.15) is 5.75 Å². The summed E-state index contributed by atoms with van der Waals surface area (Å²) in [4.78, 5) is 4.62. The molecule has 94 valence electrons. The zero-order chi connectivity index (χ0) is 12.5. The molecule has 1 aromatic carbocycles. The quantitative estimate of drug-likeness (QED) is 0.920. The van der Waals surface area contributed by atoms with Crippen LogP contribution in [0.2, 0.25) is 0 Å². The fourth-order valence-electron chi connectivity index (χ4n) is 2.19. The molecule has 4 nitrogen and oxygen atoms in total. The minimum atomic E-state index is 0.0140. The van der Waals surface area contributed by atoms with Gasteiger partial charge in [0.25, 0.3) is 0 Å². The number of aliphatic hydroxyl groups is 1. The van der Waals surface area contributed by atoms with Gasteiger partial charge in [0.05, 0.1) is 25.1 Å². The lowest BCUT2D eigenvalue weighted by Crippen LogP contribution is -2.01. The van der Waals surface area contributed by atoms with Crippen LogP contribution in [0.1, 0.15) is 5.69 Å². The first-order chi connectivity index (χ1) is 8.83. The van der Waals surface area contributed by atoms with Gasteiger partial charge >= 0.3 is 0 Å². The average molecular weight is 262 g/mol. The zero-order valence-corrected chi connectivity index (χ0v) is 10.9. The molecule has 1 aromatic heterocycles. The Kier molecular flexibility index (Phi) is 3.01. The summed E-state index contributed by atoms with van der Waals surface area (Å²) in [5.74, 6) is 1.84. The van der Waals surface area contributed by atoms with Gasteiger partial charge in [0.2, 0.25) is 0 Å². The van der Waals surface area contributed by atoms with Crippen molar-refractivity contribution < 1.29 is 9.84 Å². The maximum absolute atomic E-state index is 9.56. The van der Waals surface area contributed by atoms with Crippen molar-refractivity contribution in [2.45, 2.75) is 18.3 Å². The van der Waals surface area contributed by atoms with E-state index < -0.39 is 0 Å². The van der Waals surface area contributed by atoms with E-state index in [2.05, 4.69) is 9.55 Å². The average Bonchev–Trinajstić information content (AvgIpc) is 2.98. The normalized spacial score (nSPS) is 13.7. The van der Waals surface area contributed by atoms with Gasteiger partial charge in [-0.05, 0) is 12.1 Å². The molecule has 0 bridgehead atoms. The Balaban J connectivity index is 2.11. The van der Waals surface area contributed by atoms with E-state index in [1.807, 2.05) is 24.3 Å². The molecule has 0 aliphatic carbocycles. The van der Waals surface area contributed by atoms with Gasteiger partial charge in [-0.25, -0.2) is 4.98 Å². The van der Waals surface area contributed by atoms with Crippen molar-refractivity contribution in [1.82, 2.24) is 9.55 Å². The van der Waals surface area contributed by atoms with Crippen LogP contribution < -0.4 is 4.74 Å². The predicted octanol–water partition coefficient (Wildman–Crippen LogP) is 2.16. The number of imidazole rings is 1. The summed E-state index contributed by atoms with van der Waals surface area (Å²) in [6.45, 7) is 0.937. The number of aromatic nitrogens is 2. The molecule has 1 aliphatic rings. The van der Waals surface area contributed by atoms with Crippen molar-refractivity contribution in [2.24, 2.45) is 0 Å². The van der Waals surface area contributed by atoms with Crippen molar-refractivity contribution >= 4 is 11.8 Å². The molecule has 0 amide bonds. The molecular formula is C13H14N2O2S. The molecule has 0 atom stereocenters. The fraction of sp³-hybridized carbons (Fsp3) is 0.308. The summed E-state index contributed by atoms with van der Waals surface area (Å²) in [5.41, 5.74) is 2.74. The largest absolute Gasteiger partial charge is 0.497 e. The molecule has 0 spiro atoms.